The third kappa shape index (κ3) is 2.52. The van der Waals surface area contributed by atoms with Gasteiger partial charge in [0.25, 0.3) is 0 Å². The predicted octanol–water partition coefficient (Wildman–Crippen LogP) is 2.76. The van der Waals surface area contributed by atoms with Crippen LogP contribution in [0.5, 0.6) is 17.4 Å². The molecule has 84 valence electrons. The van der Waals surface area contributed by atoms with E-state index < -0.39 is 0 Å². The van der Waals surface area contributed by atoms with Gasteiger partial charge in [0.2, 0.25) is 5.88 Å². The maximum atomic E-state index is 9.55. The van der Waals surface area contributed by atoms with Crippen molar-refractivity contribution in [3.8, 4) is 23.4 Å². The van der Waals surface area contributed by atoms with Gasteiger partial charge in [0.05, 0.1) is 11.6 Å². The largest absolute Gasteiger partial charge is 0.504 e. The minimum Gasteiger partial charge on any atom is -0.504 e. The van der Waals surface area contributed by atoms with Crippen molar-refractivity contribution in [2.75, 3.05) is 0 Å². The molecule has 0 saturated carbocycles. The Balaban J connectivity index is 2.34. The summed E-state index contributed by atoms with van der Waals surface area (Å²) in [5.41, 5.74) is 1.16. The van der Waals surface area contributed by atoms with Gasteiger partial charge in [0.1, 0.15) is 0 Å². The van der Waals surface area contributed by atoms with Gasteiger partial charge in [0, 0.05) is 11.8 Å². The number of hydrogen-bond acceptors (Lipinski definition) is 4. The van der Waals surface area contributed by atoms with E-state index in [9.17, 15) is 5.11 Å². The molecule has 2 rings (SSSR count). The quantitative estimate of drug-likeness (QED) is 0.855. The molecular weight excluding hydrogens is 216 g/mol. The van der Waals surface area contributed by atoms with E-state index in [2.05, 4.69) is 4.98 Å². The van der Waals surface area contributed by atoms with Crippen molar-refractivity contribution >= 4 is 0 Å². The molecular formula is C13H10N2O2. The van der Waals surface area contributed by atoms with Crippen LogP contribution in [0.3, 0.4) is 0 Å². The highest BCUT2D eigenvalue weighted by Crippen LogP contribution is 2.29. The predicted molar refractivity (Wildman–Crippen MR) is 61.9 cm³/mol. The van der Waals surface area contributed by atoms with Crippen LogP contribution >= 0.6 is 0 Å². The number of phenolic OH excluding ortho intramolecular Hbond substituents is 1. The zero-order valence-corrected chi connectivity index (χ0v) is 9.21. The summed E-state index contributed by atoms with van der Waals surface area (Å²) in [4.78, 5) is 4.13. The van der Waals surface area contributed by atoms with Gasteiger partial charge in [-0.3, -0.25) is 0 Å². The molecule has 0 atom stereocenters. The van der Waals surface area contributed by atoms with Crippen molar-refractivity contribution in [2.24, 2.45) is 0 Å². The Hall–Kier alpha value is -2.54. The second-order valence-electron chi connectivity index (χ2n) is 3.52. The number of aromatic hydroxyl groups is 1. The summed E-state index contributed by atoms with van der Waals surface area (Å²) in [6.07, 6.45) is 0. The van der Waals surface area contributed by atoms with Crippen LogP contribution in [0, 0.1) is 18.3 Å². The average molecular weight is 226 g/mol. The molecule has 4 nitrogen and oxygen atoms in total. The van der Waals surface area contributed by atoms with E-state index >= 15 is 0 Å². The number of phenols is 1. The van der Waals surface area contributed by atoms with Crippen LogP contribution in [0.4, 0.5) is 0 Å². The lowest BCUT2D eigenvalue weighted by Crippen LogP contribution is -1.91. The normalized spacial score (nSPS) is 9.65. The van der Waals surface area contributed by atoms with Crippen LogP contribution < -0.4 is 4.74 Å². The van der Waals surface area contributed by atoms with Gasteiger partial charge >= 0.3 is 0 Å². The molecule has 0 fully saturated rings. The van der Waals surface area contributed by atoms with E-state index in [1.165, 1.54) is 12.1 Å². The molecule has 0 aliphatic carbocycles. The van der Waals surface area contributed by atoms with Crippen LogP contribution in [0.1, 0.15) is 11.3 Å². The summed E-state index contributed by atoms with van der Waals surface area (Å²) in [6, 6.07) is 11.8. The van der Waals surface area contributed by atoms with E-state index in [0.29, 0.717) is 22.9 Å². The molecule has 0 bridgehead atoms. The number of aromatic nitrogens is 1. The Kier molecular flexibility index (Phi) is 2.93. The molecule has 4 heteroatoms. The maximum Gasteiger partial charge on any atom is 0.220 e. The first kappa shape index (κ1) is 11.0. The zero-order chi connectivity index (χ0) is 12.3. The van der Waals surface area contributed by atoms with E-state index in [1.54, 1.807) is 31.2 Å². The topological polar surface area (TPSA) is 66.1 Å². The Morgan fingerprint density at radius 1 is 1.29 bits per heavy atom. The molecule has 0 amide bonds. The van der Waals surface area contributed by atoms with Gasteiger partial charge in [-0.25, -0.2) is 4.98 Å². The molecule has 0 saturated heterocycles. The standard InChI is InChI=1S/C13H10N2O2/c1-9-6-10(8-14)7-13(15-9)17-12-5-3-2-4-11(12)16/h2-7,16H,1H3. The molecule has 1 N–H and O–H groups in total. The van der Waals surface area contributed by atoms with Gasteiger partial charge in [-0.05, 0) is 25.1 Å². The SMILES string of the molecule is Cc1cc(C#N)cc(Oc2ccccc2O)n1. The summed E-state index contributed by atoms with van der Waals surface area (Å²) in [7, 11) is 0. The van der Waals surface area contributed by atoms with Gasteiger partial charge in [-0.1, -0.05) is 12.1 Å². The second kappa shape index (κ2) is 4.54. The maximum absolute atomic E-state index is 9.55. The average Bonchev–Trinajstić information content (AvgIpc) is 2.31. The fraction of sp³-hybridized carbons (Fsp3) is 0.0769. The molecule has 0 unspecified atom stereocenters. The molecule has 0 radical (unpaired) electrons. The number of aryl methyl sites for hydroxylation is 1. The van der Waals surface area contributed by atoms with Crippen molar-refractivity contribution in [1.82, 2.24) is 4.98 Å². The Morgan fingerprint density at radius 3 is 2.76 bits per heavy atom. The lowest BCUT2D eigenvalue weighted by atomic mass is 10.2. The lowest BCUT2D eigenvalue weighted by Gasteiger charge is -2.07. The molecule has 1 aromatic carbocycles. The fourth-order valence-corrected chi connectivity index (χ4v) is 1.41. The summed E-state index contributed by atoms with van der Waals surface area (Å²) in [5.74, 6) is 0.645. The Labute approximate surface area is 98.7 Å². The van der Waals surface area contributed by atoms with Crippen molar-refractivity contribution in [1.29, 1.82) is 5.26 Å². The number of benzene rings is 1. The van der Waals surface area contributed by atoms with Gasteiger partial charge in [-0.2, -0.15) is 5.26 Å². The monoisotopic (exact) mass is 226 g/mol. The van der Waals surface area contributed by atoms with E-state index in [4.69, 9.17) is 10.00 Å². The number of hydrogen-bond donors (Lipinski definition) is 1. The summed E-state index contributed by atoms with van der Waals surface area (Å²) >= 11 is 0. The van der Waals surface area contributed by atoms with Gasteiger partial charge < -0.3 is 9.84 Å². The number of ether oxygens (including phenoxy) is 1. The second-order valence-corrected chi connectivity index (χ2v) is 3.52. The number of para-hydroxylation sites is 2. The van der Waals surface area contributed by atoms with Crippen molar-refractivity contribution in [3.63, 3.8) is 0 Å². The molecule has 1 heterocycles. The summed E-state index contributed by atoms with van der Waals surface area (Å²) in [6.45, 7) is 1.78. The zero-order valence-electron chi connectivity index (χ0n) is 9.21. The highest BCUT2D eigenvalue weighted by Gasteiger charge is 2.05. The molecule has 0 aliphatic rings. The van der Waals surface area contributed by atoms with Crippen molar-refractivity contribution in [3.05, 3.63) is 47.7 Å². The first-order valence-electron chi connectivity index (χ1n) is 5.03. The van der Waals surface area contributed by atoms with Crippen LogP contribution in [-0.2, 0) is 0 Å². The Bertz CT molecular complexity index is 588. The number of rotatable bonds is 2. The first-order valence-corrected chi connectivity index (χ1v) is 5.03. The molecule has 2 aromatic rings. The summed E-state index contributed by atoms with van der Waals surface area (Å²) in [5, 5.41) is 18.4. The smallest absolute Gasteiger partial charge is 0.220 e. The number of nitrogens with zero attached hydrogens (tertiary/aromatic N) is 2. The highest BCUT2D eigenvalue weighted by molar-refractivity contribution is 5.42. The van der Waals surface area contributed by atoms with E-state index in [1.807, 2.05) is 6.07 Å². The van der Waals surface area contributed by atoms with Crippen molar-refractivity contribution in [2.45, 2.75) is 6.92 Å². The summed E-state index contributed by atoms with van der Waals surface area (Å²) < 4.78 is 5.42. The molecule has 0 spiro atoms. The van der Waals surface area contributed by atoms with E-state index in [-0.39, 0.29) is 5.75 Å². The third-order valence-corrected chi connectivity index (χ3v) is 2.14. The third-order valence-electron chi connectivity index (χ3n) is 2.14. The minimum absolute atomic E-state index is 0.0364. The van der Waals surface area contributed by atoms with Crippen LogP contribution in [0.2, 0.25) is 0 Å². The van der Waals surface area contributed by atoms with Crippen LogP contribution in [0.25, 0.3) is 0 Å². The fourth-order valence-electron chi connectivity index (χ4n) is 1.41. The van der Waals surface area contributed by atoms with E-state index in [0.717, 1.165) is 0 Å². The highest BCUT2D eigenvalue weighted by atomic mass is 16.5. The van der Waals surface area contributed by atoms with Crippen LogP contribution in [0.15, 0.2) is 36.4 Å². The van der Waals surface area contributed by atoms with Crippen molar-refractivity contribution < 1.29 is 9.84 Å². The van der Waals surface area contributed by atoms with Gasteiger partial charge in [-0.15, -0.1) is 0 Å². The first-order chi connectivity index (χ1) is 8.19. The lowest BCUT2D eigenvalue weighted by molar-refractivity contribution is 0.402. The molecule has 1 aromatic heterocycles. The van der Waals surface area contributed by atoms with Crippen LogP contribution in [-0.4, -0.2) is 10.1 Å². The molecule has 17 heavy (non-hydrogen) atoms. The minimum atomic E-state index is 0.0364. The Morgan fingerprint density at radius 2 is 2.06 bits per heavy atom. The number of nitriles is 1. The van der Waals surface area contributed by atoms with Gasteiger partial charge in [0.15, 0.2) is 11.5 Å². The number of pyridine rings is 1. The molecule has 0 aliphatic heterocycles.